The van der Waals surface area contributed by atoms with Crippen molar-refractivity contribution in [1.82, 2.24) is 15.2 Å². The monoisotopic (exact) mass is 395 g/mol. The van der Waals surface area contributed by atoms with Crippen molar-refractivity contribution in [2.24, 2.45) is 4.99 Å². The van der Waals surface area contributed by atoms with Crippen LogP contribution in [0.4, 0.5) is 5.13 Å². The molecule has 0 bridgehead atoms. The molecule has 23 heavy (non-hydrogen) atoms. The molecular formula is C16H22BrN5S. The zero-order valence-corrected chi connectivity index (χ0v) is 16.3. The third-order valence-corrected chi connectivity index (χ3v) is 4.84. The Hall–Kier alpha value is -1.60. The van der Waals surface area contributed by atoms with Gasteiger partial charge in [-0.05, 0) is 17.7 Å². The Bertz CT molecular complexity index is 651. The fourth-order valence-electron chi connectivity index (χ4n) is 2.08. The molecule has 0 unspecified atom stereocenters. The number of aliphatic imine (C=N–C) groups is 1. The highest BCUT2D eigenvalue weighted by Crippen LogP contribution is 2.17. The highest BCUT2D eigenvalue weighted by Gasteiger charge is 2.08. The van der Waals surface area contributed by atoms with E-state index in [1.165, 1.54) is 5.56 Å². The van der Waals surface area contributed by atoms with E-state index in [4.69, 9.17) is 0 Å². The molecule has 0 radical (unpaired) electrons. The molecule has 0 aliphatic carbocycles. The summed E-state index contributed by atoms with van der Waals surface area (Å²) in [5, 5.41) is 6.45. The summed E-state index contributed by atoms with van der Waals surface area (Å²) in [5.74, 6) is 0.854. The lowest BCUT2D eigenvalue weighted by Gasteiger charge is -2.22. The van der Waals surface area contributed by atoms with E-state index in [1.807, 2.05) is 26.0 Å². The lowest BCUT2D eigenvalue weighted by molar-refractivity contribution is 0.476. The quantitative estimate of drug-likeness (QED) is 0.623. The zero-order valence-electron chi connectivity index (χ0n) is 13.9. The van der Waals surface area contributed by atoms with Crippen LogP contribution in [0, 0.1) is 0 Å². The maximum absolute atomic E-state index is 4.57. The van der Waals surface area contributed by atoms with E-state index in [1.54, 1.807) is 18.4 Å². The highest BCUT2D eigenvalue weighted by molar-refractivity contribution is 9.10. The molecule has 0 spiro atoms. The molecule has 2 rings (SSSR count). The van der Waals surface area contributed by atoms with Gasteiger partial charge in [-0.25, -0.2) is 4.98 Å². The van der Waals surface area contributed by atoms with Gasteiger partial charge in [-0.1, -0.05) is 28.1 Å². The molecule has 0 aliphatic heterocycles. The normalized spacial score (nSPS) is 11.4. The molecule has 1 aromatic heterocycles. The lowest BCUT2D eigenvalue weighted by Crippen LogP contribution is -2.38. The van der Waals surface area contributed by atoms with Gasteiger partial charge in [-0.3, -0.25) is 4.99 Å². The second kappa shape index (κ2) is 8.31. The Morgan fingerprint density at radius 1 is 1.26 bits per heavy atom. The fraction of sp³-hybridized carbons (Fsp3) is 0.375. The van der Waals surface area contributed by atoms with E-state index < -0.39 is 0 Å². The van der Waals surface area contributed by atoms with E-state index in [-0.39, 0.29) is 0 Å². The number of anilines is 1. The number of guanidine groups is 1. The molecule has 0 atom stereocenters. The van der Waals surface area contributed by atoms with E-state index in [0.29, 0.717) is 6.54 Å². The molecular weight excluding hydrogens is 374 g/mol. The standard InChI is InChI=1S/C16H22BrN5S/c1-18-15(19-9-14-11-23-16(20-14)21(2)3)22(4)10-12-5-7-13(17)8-6-12/h5-8,11H,9-10H2,1-4H3,(H,18,19). The summed E-state index contributed by atoms with van der Waals surface area (Å²) in [6.07, 6.45) is 0. The number of halogens is 1. The number of thiazole rings is 1. The maximum Gasteiger partial charge on any atom is 0.194 e. The Morgan fingerprint density at radius 2 is 1.96 bits per heavy atom. The van der Waals surface area contributed by atoms with Crippen LogP contribution in [0.1, 0.15) is 11.3 Å². The molecule has 0 aliphatic rings. The second-order valence-corrected chi connectivity index (χ2v) is 7.15. The second-order valence-electron chi connectivity index (χ2n) is 5.40. The summed E-state index contributed by atoms with van der Waals surface area (Å²) in [6, 6.07) is 8.32. The minimum absolute atomic E-state index is 0.668. The largest absolute Gasteiger partial charge is 0.354 e. The molecule has 2 aromatic rings. The van der Waals surface area contributed by atoms with Crippen molar-refractivity contribution >= 4 is 38.4 Å². The SMILES string of the molecule is CN=C(NCc1csc(N(C)C)n1)N(C)Cc1ccc(Br)cc1. The first-order chi connectivity index (χ1) is 11.0. The van der Waals surface area contributed by atoms with Gasteiger partial charge in [-0.15, -0.1) is 11.3 Å². The van der Waals surface area contributed by atoms with Gasteiger partial charge in [0.25, 0.3) is 0 Å². The topological polar surface area (TPSA) is 43.8 Å². The smallest absolute Gasteiger partial charge is 0.194 e. The summed E-state index contributed by atoms with van der Waals surface area (Å²) in [7, 11) is 7.83. The molecule has 1 N–H and O–H groups in total. The third-order valence-electron chi connectivity index (χ3n) is 3.26. The third kappa shape index (κ3) is 5.21. The molecule has 7 heteroatoms. The zero-order chi connectivity index (χ0) is 16.8. The summed E-state index contributed by atoms with van der Waals surface area (Å²) in [5.41, 5.74) is 2.26. The fourth-order valence-corrected chi connectivity index (χ4v) is 3.10. The molecule has 1 heterocycles. The van der Waals surface area contributed by atoms with Crippen LogP contribution in [0.5, 0.6) is 0 Å². The minimum atomic E-state index is 0.668. The average molecular weight is 396 g/mol. The minimum Gasteiger partial charge on any atom is -0.354 e. The van der Waals surface area contributed by atoms with Crippen molar-refractivity contribution in [1.29, 1.82) is 0 Å². The van der Waals surface area contributed by atoms with Crippen molar-refractivity contribution < 1.29 is 0 Å². The van der Waals surface area contributed by atoms with Crippen molar-refractivity contribution in [3.63, 3.8) is 0 Å². The van der Waals surface area contributed by atoms with Gasteiger partial charge in [0.2, 0.25) is 0 Å². The molecule has 0 saturated carbocycles. The van der Waals surface area contributed by atoms with E-state index >= 15 is 0 Å². The van der Waals surface area contributed by atoms with Gasteiger partial charge in [0.15, 0.2) is 11.1 Å². The number of aromatic nitrogens is 1. The van der Waals surface area contributed by atoms with Gasteiger partial charge in [0.05, 0.1) is 12.2 Å². The van der Waals surface area contributed by atoms with Crippen LogP contribution in [0.25, 0.3) is 0 Å². The number of rotatable bonds is 5. The Labute approximate surface area is 150 Å². The van der Waals surface area contributed by atoms with E-state index in [0.717, 1.165) is 27.8 Å². The summed E-state index contributed by atoms with van der Waals surface area (Å²) in [4.78, 5) is 13.0. The van der Waals surface area contributed by atoms with Crippen molar-refractivity contribution in [2.45, 2.75) is 13.1 Å². The lowest BCUT2D eigenvalue weighted by atomic mass is 10.2. The summed E-state index contributed by atoms with van der Waals surface area (Å²) >= 11 is 5.10. The molecule has 0 saturated heterocycles. The first-order valence-electron chi connectivity index (χ1n) is 7.27. The number of benzene rings is 1. The highest BCUT2D eigenvalue weighted by atomic mass is 79.9. The van der Waals surface area contributed by atoms with E-state index in [9.17, 15) is 0 Å². The van der Waals surface area contributed by atoms with Gasteiger partial charge in [0, 0.05) is 44.6 Å². The van der Waals surface area contributed by atoms with Gasteiger partial charge >= 0.3 is 0 Å². The Morgan fingerprint density at radius 3 is 2.52 bits per heavy atom. The molecule has 0 amide bonds. The van der Waals surface area contributed by atoms with Crippen molar-refractivity contribution in [3.05, 3.63) is 45.4 Å². The van der Waals surface area contributed by atoms with Crippen LogP contribution in [-0.4, -0.2) is 44.0 Å². The number of hydrogen-bond acceptors (Lipinski definition) is 4. The summed E-state index contributed by atoms with van der Waals surface area (Å²) < 4.78 is 1.09. The number of hydrogen-bond donors (Lipinski definition) is 1. The van der Waals surface area contributed by atoms with Crippen molar-refractivity contribution in [3.8, 4) is 0 Å². The molecule has 124 valence electrons. The average Bonchev–Trinajstić information content (AvgIpc) is 2.99. The van der Waals surface area contributed by atoms with Crippen LogP contribution in [0.2, 0.25) is 0 Å². The predicted octanol–water partition coefficient (Wildman–Crippen LogP) is 3.18. The van der Waals surface area contributed by atoms with Crippen molar-refractivity contribution in [2.75, 3.05) is 33.1 Å². The van der Waals surface area contributed by atoms with Crippen LogP contribution in [0.3, 0.4) is 0 Å². The Balaban J connectivity index is 1.92. The van der Waals surface area contributed by atoms with Crippen LogP contribution < -0.4 is 10.2 Å². The molecule has 5 nitrogen and oxygen atoms in total. The van der Waals surface area contributed by atoms with Gasteiger partial charge in [-0.2, -0.15) is 0 Å². The first kappa shape index (κ1) is 17.7. The van der Waals surface area contributed by atoms with Gasteiger partial charge in [0.1, 0.15) is 0 Å². The number of nitrogens with one attached hydrogen (secondary N) is 1. The number of nitrogens with zero attached hydrogens (tertiary/aromatic N) is 4. The van der Waals surface area contributed by atoms with Crippen LogP contribution in [0.15, 0.2) is 39.1 Å². The molecule has 0 fully saturated rings. The van der Waals surface area contributed by atoms with Crippen LogP contribution in [-0.2, 0) is 13.1 Å². The maximum atomic E-state index is 4.57. The first-order valence-corrected chi connectivity index (χ1v) is 8.95. The van der Waals surface area contributed by atoms with E-state index in [2.05, 4.69) is 65.8 Å². The van der Waals surface area contributed by atoms with Crippen LogP contribution >= 0.6 is 27.3 Å². The summed E-state index contributed by atoms with van der Waals surface area (Å²) in [6.45, 7) is 1.47. The predicted molar refractivity (Wildman–Crippen MR) is 102 cm³/mol. The Kier molecular flexibility index (Phi) is 6.41. The molecule has 1 aromatic carbocycles. The van der Waals surface area contributed by atoms with Gasteiger partial charge < -0.3 is 15.1 Å².